The second kappa shape index (κ2) is 3.20. The second-order valence-electron chi connectivity index (χ2n) is 3.62. The van der Waals surface area contributed by atoms with E-state index in [0.29, 0.717) is 5.84 Å². The van der Waals surface area contributed by atoms with Gasteiger partial charge in [0, 0.05) is 11.6 Å². The van der Waals surface area contributed by atoms with E-state index < -0.39 is 0 Å². The lowest BCUT2D eigenvalue weighted by Crippen LogP contribution is -2.23. The molecule has 0 bridgehead atoms. The van der Waals surface area contributed by atoms with Gasteiger partial charge in [-0.05, 0) is 31.2 Å². The van der Waals surface area contributed by atoms with E-state index in [-0.39, 0.29) is 5.92 Å². The van der Waals surface area contributed by atoms with Crippen LogP contribution >= 0.6 is 0 Å². The predicted octanol–water partition coefficient (Wildman–Crippen LogP) is 0.841. The average Bonchev–Trinajstić information content (AvgIpc) is 2.42. The summed E-state index contributed by atoms with van der Waals surface area (Å²) in [5, 5.41) is 14.4. The molecule has 0 aliphatic heterocycles. The molecule has 0 aromatic carbocycles. The summed E-state index contributed by atoms with van der Waals surface area (Å²) in [6, 6.07) is 0. The molecule has 13 heavy (non-hydrogen) atoms. The van der Waals surface area contributed by atoms with Crippen molar-refractivity contribution in [2.24, 2.45) is 11.7 Å². The van der Waals surface area contributed by atoms with Crippen LogP contribution in [-0.4, -0.2) is 16.0 Å². The van der Waals surface area contributed by atoms with Crippen molar-refractivity contribution in [3.05, 3.63) is 17.5 Å². The summed E-state index contributed by atoms with van der Waals surface area (Å²) in [6.07, 6.45) is 5.94. The number of amidine groups is 1. The van der Waals surface area contributed by atoms with E-state index in [9.17, 15) is 0 Å². The number of fused-ring (bicyclic) bond motifs is 1. The third-order valence-corrected chi connectivity index (χ3v) is 2.70. The first kappa shape index (κ1) is 8.29. The number of hydrogen-bond donors (Lipinski definition) is 3. The van der Waals surface area contributed by atoms with Crippen LogP contribution in [0.4, 0.5) is 0 Å². The first-order valence-corrected chi connectivity index (χ1v) is 4.62. The van der Waals surface area contributed by atoms with E-state index in [2.05, 4.69) is 10.2 Å². The number of H-pyrrole nitrogens is 1. The quantitative estimate of drug-likeness (QED) is 0.338. The number of aromatic nitrogens is 2. The molecule has 2 rings (SSSR count). The lowest BCUT2D eigenvalue weighted by Gasteiger charge is -2.10. The van der Waals surface area contributed by atoms with Crippen molar-refractivity contribution in [3.8, 4) is 0 Å². The van der Waals surface area contributed by atoms with Gasteiger partial charge < -0.3 is 5.73 Å². The Kier molecular flexibility index (Phi) is 2.04. The minimum Gasteiger partial charge on any atom is -0.387 e. The predicted molar refractivity (Wildman–Crippen MR) is 50.6 cm³/mol. The van der Waals surface area contributed by atoms with Crippen LogP contribution in [0.2, 0.25) is 0 Å². The van der Waals surface area contributed by atoms with Crippen molar-refractivity contribution in [3.63, 3.8) is 0 Å². The van der Waals surface area contributed by atoms with Gasteiger partial charge in [-0.15, -0.1) is 0 Å². The number of aromatic amines is 1. The lowest BCUT2D eigenvalue weighted by atomic mass is 9.99. The minimum absolute atomic E-state index is 0.210. The van der Waals surface area contributed by atoms with Crippen LogP contribution in [0, 0.1) is 11.3 Å². The SMILES string of the molecule is N=C(N)[C@H]1CCCc2cn[nH]c2C1. The van der Waals surface area contributed by atoms with Crippen molar-refractivity contribution in [1.82, 2.24) is 10.2 Å². The fourth-order valence-electron chi connectivity index (χ4n) is 1.88. The molecule has 1 aromatic heterocycles. The molecule has 1 atom stereocenters. The van der Waals surface area contributed by atoms with Crippen LogP contribution in [0.15, 0.2) is 6.20 Å². The van der Waals surface area contributed by atoms with Crippen LogP contribution in [0.1, 0.15) is 24.1 Å². The molecule has 4 heteroatoms. The first-order valence-electron chi connectivity index (χ1n) is 4.62. The van der Waals surface area contributed by atoms with Gasteiger partial charge in [-0.2, -0.15) is 5.10 Å². The summed E-state index contributed by atoms with van der Waals surface area (Å²) < 4.78 is 0. The molecule has 4 nitrogen and oxygen atoms in total. The third-order valence-electron chi connectivity index (χ3n) is 2.70. The number of nitrogens with one attached hydrogen (secondary N) is 2. The zero-order valence-corrected chi connectivity index (χ0v) is 7.51. The van der Waals surface area contributed by atoms with Crippen molar-refractivity contribution in [1.29, 1.82) is 5.41 Å². The zero-order chi connectivity index (χ0) is 9.26. The monoisotopic (exact) mass is 178 g/mol. The first-order chi connectivity index (χ1) is 6.27. The Bertz CT molecular complexity index is 315. The Hall–Kier alpha value is -1.32. The normalized spacial score (nSPS) is 22.0. The maximum absolute atomic E-state index is 7.42. The molecule has 0 radical (unpaired) electrons. The van der Waals surface area contributed by atoms with Gasteiger partial charge in [0.2, 0.25) is 0 Å². The summed E-state index contributed by atoms with van der Waals surface area (Å²) in [4.78, 5) is 0. The Morgan fingerprint density at radius 2 is 2.54 bits per heavy atom. The van der Waals surface area contributed by atoms with Gasteiger partial charge in [0.1, 0.15) is 0 Å². The van der Waals surface area contributed by atoms with E-state index in [1.165, 1.54) is 5.56 Å². The highest BCUT2D eigenvalue weighted by molar-refractivity contribution is 5.79. The molecule has 0 amide bonds. The second-order valence-corrected chi connectivity index (χ2v) is 3.62. The molecule has 0 saturated carbocycles. The van der Waals surface area contributed by atoms with Crippen molar-refractivity contribution in [2.75, 3.05) is 0 Å². The summed E-state index contributed by atoms with van der Waals surface area (Å²) in [6.45, 7) is 0. The molecule has 70 valence electrons. The lowest BCUT2D eigenvalue weighted by molar-refractivity contribution is 0.597. The molecule has 4 N–H and O–H groups in total. The van der Waals surface area contributed by atoms with E-state index in [4.69, 9.17) is 11.1 Å². The van der Waals surface area contributed by atoms with Gasteiger partial charge in [0.05, 0.1) is 12.0 Å². The summed E-state index contributed by atoms with van der Waals surface area (Å²) >= 11 is 0. The van der Waals surface area contributed by atoms with Crippen LogP contribution < -0.4 is 5.73 Å². The van der Waals surface area contributed by atoms with E-state index >= 15 is 0 Å². The summed E-state index contributed by atoms with van der Waals surface area (Å²) in [7, 11) is 0. The van der Waals surface area contributed by atoms with E-state index in [1.807, 2.05) is 6.20 Å². The average molecular weight is 178 g/mol. The summed E-state index contributed by atoms with van der Waals surface area (Å²) in [5.74, 6) is 0.518. The highest BCUT2D eigenvalue weighted by Crippen LogP contribution is 2.22. The minimum atomic E-state index is 0.210. The van der Waals surface area contributed by atoms with Gasteiger partial charge in [-0.1, -0.05) is 0 Å². The molecular weight excluding hydrogens is 164 g/mol. The van der Waals surface area contributed by atoms with Crippen molar-refractivity contribution >= 4 is 5.84 Å². The molecule has 1 aliphatic rings. The summed E-state index contributed by atoms with van der Waals surface area (Å²) in [5.41, 5.74) is 7.97. The molecule has 1 aromatic rings. The highest BCUT2D eigenvalue weighted by Gasteiger charge is 2.19. The molecule has 0 unspecified atom stereocenters. The largest absolute Gasteiger partial charge is 0.387 e. The van der Waals surface area contributed by atoms with Crippen LogP contribution in [0.25, 0.3) is 0 Å². The van der Waals surface area contributed by atoms with E-state index in [1.54, 1.807) is 0 Å². The Morgan fingerprint density at radius 1 is 1.69 bits per heavy atom. The van der Waals surface area contributed by atoms with E-state index in [0.717, 1.165) is 31.4 Å². The van der Waals surface area contributed by atoms with Crippen LogP contribution in [-0.2, 0) is 12.8 Å². The molecule has 1 heterocycles. The van der Waals surface area contributed by atoms with Gasteiger partial charge in [-0.3, -0.25) is 10.5 Å². The van der Waals surface area contributed by atoms with Crippen molar-refractivity contribution in [2.45, 2.75) is 25.7 Å². The number of aryl methyl sites for hydroxylation is 1. The highest BCUT2D eigenvalue weighted by atomic mass is 15.1. The molecule has 0 spiro atoms. The van der Waals surface area contributed by atoms with Crippen LogP contribution in [0.3, 0.4) is 0 Å². The molecule has 0 saturated heterocycles. The fraction of sp³-hybridized carbons (Fsp3) is 0.556. The maximum atomic E-state index is 7.42. The molecule has 1 aliphatic carbocycles. The number of nitrogens with zero attached hydrogens (tertiary/aromatic N) is 1. The fourth-order valence-corrected chi connectivity index (χ4v) is 1.88. The number of rotatable bonds is 1. The zero-order valence-electron chi connectivity index (χ0n) is 7.51. The van der Waals surface area contributed by atoms with Gasteiger partial charge >= 0.3 is 0 Å². The number of hydrogen-bond acceptors (Lipinski definition) is 2. The number of nitrogens with two attached hydrogens (primary N) is 1. The third kappa shape index (κ3) is 1.56. The van der Waals surface area contributed by atoms with Crippen molar-refractivity contribution < 1.29 is 0 Å². The van der Waals surface area contributed by atoms with Gasteiger partial charge in [0.15, 0.2) is 0 Å². The Labute approximate surface area is 77.0 Å². The Balaban J connectivity index is 2.21. The van der Waals surface area contributed by atoms with Gasteiger partial charge in [0.25, 0.3) is 0 Å². The smallest absolute Gasteiger partial charge is 0.0940 e. The standard InChI is InChI=1S/C9H14N4/c10-9(11)6-2-1-3-7-5-12-13-8(7)4-6/h5-6H,1-4H2,(H3,10,11)(H,12,13)/t6-/m0/s1. The topological polar surface area (TPSA) is 78.6 Å². The molecule has 0 fully saturated rings. The molecular formula is C9H14N4. The Morgan fingerprint density at radius 3 is 3.31 bits per heavy atom. The maximum Gasteiger partial charge on any atom is 0.0940 e. The van der Waals surface area contributed by atoms with Gasteiger partial charge in [-0.25, -0.2) is 0 Å². The van der Waals surface area contributed by atoms with Crippen LogP contribution in [0.5, 0.6) is 0 Å².